The molecule has 0 unspecified atom stereocenters. The van der Waals surface area contributed by atoms with Crippen molar-refractivity contribution in [2.45, 2.75) is 6.92 Å². The molecule has 15 heteroatoms. The molecule has 0 amide bonds. The lowest BCUT2D eigenvalue weighted by Gasteiger charge is -2.37. The van der Waals surface area contributed by atoms with Crippen molar-refractivity contribution in [2.75, 3.05) is 36.0 Å². The van der Waals surface area contributed by atoms with Gasteiger partial charge in [-0.2, -0.15) is 0 Å². The summed E-state index contributed by atoms with van der Waals surface area (Å²) >= 11 is 0. The van der Waals surface area contributed by atoms with Crippen LogP contribution in [0.2, 0.25) is 0 Å². The zero-order valence-corrected chi connectivity index (χ0v) is 17.7. The zero-order chi connectivity index (χ0) is 25.6. The third-order valence-corrected chi connectivity index (χ3v) is 4.73. The van der Waals surface area contributed by atoms with Crippen molar-refractivity contribution in [1.29, 1.82) is 0 Å². The SMILES string of the molecule is CC(=O)O.O=C(O)c1cc([N+](=O)[O-])cc([N+](=O)[O-])c1N1CCN(c2ccc([N+](=O)[O-])cc2)CC1. The molecule has 0 spiro atoms. The Morgan fingerprint density at radius 2 is 1.26 bits per heavy atom. The number of hydrogen-bond donors (Lipinski definition) is 2. The molecule has 2 aromatic carbocycles. The second-order valence-corrected chi connectivity index (χ2v) is 6.95. The third kappa shape index (κ3) is 6.12. The largest absolute Gasteiger partial charge is 0.481 e. The molecule has 180 valence electrons. The van der Waals surface area contributed by atoms with E-state index in [1.54, 1.807) is 12.1 Å². The molecule has 1 fully saturated rings. The number of nitro groups is 3. The lowest BCUT2D eigenvalue weighted by atomic mass is 10.1. The second-order valence-electron chi connectivity index (χ2n) is 6.95. The highest BCUT2D eigenvalue weighted by molar-refractivity contribution is 5.98. The van der Waals surface area contributed by atoms with Crippen LogP contribution in [0.1, 0.15) is 17.3 Å². The molecule has 1 heterocycles. The Bertz CT molecular complexity index is 1090. The maximum atomic E-state index is 11.6. The Kier molecular flexibility index (Phi) is 7.98. The number of rotatable bonds is 6. The number of carboxylic acids is 2. The third-order valence-electron chi connectivity index (χ3n) is 4.73. The summed E-state index contributed by atoms with van der Waals surface area (Å²) < 4.78 is 0. The number of aliphatic carboxylic acids is 1. The zero-order valence-electron chi connectivity index (χ0n) is 17.7. The van der Waals surface area contributed by atoms with Gasteiger partial charge in [0, 0.05) is 57.0 Å². The van der Waals surface area contributed by atoms with Crippen molar-refractivity contribution < 1.29 is 34.6 Å². The summed E-state index contributed by atoms with van der Waals surface area (Å²) in [5.74, 6) is -2.34. The quantitative estimate of drug-likeness (QED) is 0.454. The second kappa shape index (κ2) is 10.7. The Balaban J connectivity index is 0.000000945. The van der Waals surface area contributed by atoms with Crippen LogP contribution >= 0.6 is 0 Å². The average Bonchev–Trinajstić information content (AvgIpc) is 2.77. The van der Waals surface area contributed by atoms with Gasteiger partial charge in [-0.1, -0.05) is 0 Å². The van der Waals surface area contributed by atoms with Crippen molar-refractivity contribution >= 4 is 40.4 Å². The normalized spacial score (nSPS) is 12.9. The van der Waals surface area contributed by atoms with Gasteiger partial charge in [-0.3, -0.25) is 35.1 Å². The fraction of sp³-hybridized carbons (Fsp3) is 0.263. The predicted octanol–water partition coefficient (Wildman–Crippen LogP) is 2.53. The summed E-state index contributed by atoms with van der Waals surface area (Å²) in [5.41, 5.74) is -1.35. The lowest BCUT2D eigenvalue weighted by molar-refractivity contribution is -0.393. The van der Waals surface area contributed by atoms with Crippen molar-refractivity contribution in [3.05, 3.63) is 72.3 Å². The van der Waals surface area contributed by atoms with Crippen LogP contribution in [-0.2, 0) is 4.79 Å². The van der Waals surface area contributed by atoms with Gasteiger partial charge in [-0.15, -0.1) is 0 Å². The van der Waals surface area contributed by atoms with Gasteiger partial charge in [0.25, 0.3) is 23.0 Å². The van der Waals surface area contributed by atoms with Crippen LogP contribution < -0.4 is 9.80 Å². The summed E-state index contributed by atoms with van der Waals surface area (Å²) in [4.78, 5) is 55.1. The van der Waals surface area contributed by atoms with E-state index in [1.165, 1.54) is 17.0 Å². The van der Waals surface area contributed by atoms with Gasteiger partial charge >= 0.3 is 5.97 Å². The van der Waals surface area contributed by atoms with Gasteiger partial charge in [0.05, 0.1) is 26.4 Å². The minimum absolute atomic E-state index is 0.0509. The number of aromatic carboxylic acids is 1. The van der Waals surface area contributed by atoms with Crippen LogP contribution in [-0.4, -0.2) is 63.1 Å². The van der Waals surface area contributed by atoms with E-state index in [-0.39, 0.29) is 24.5 Å². The average molecular weight is 477 g/mol. The van der Waals surface area contributed by atoms with E-state index in [9.17, 15) is 40.2 Å². The summed E-state index contributed by atoms with van der Waals surface area (Å²) in [7, 11) is 0. The smallest absolute Gasteiger partial charge is 0.338 e. The van der Waals surface area contributed by atoms with E-state index >= 15 is 0 Å². The molecular weight excluding hydrogens is 458 g/mol. The van der Waals surface area contributed by atoms with Crippen LogP contribution in [0.3, 0.4) is 0 Å². The number of carbonyl (C=O) groups is 2. The van der Waals surface area contributed by atoms with Crippen LogP contribution in [0.15, 0.2) is 36.4 Å². The molecule has 34 heavy (non-hydrogen) atoms. The molecule has 0 aliphatic carbocycles. The highest BCUT2D eigenvalue weighted by atomic mass is 16.6. The summed E-state index contributed by atoms with van der Waals surface area (Å²) in [6, 6.07) is 7.48. The molecule has 0 bridgehead atoms. The molecule has 0 radical (unpaired) electrons. The number of hydrogen-bond acceptors (Lipinski definition) is 10. The first kappa shape index (κ1) is 25.4. The Morgan fingerprint density at radius 1 is 0.794 bits per heavy atom. The Morgan fingerprint density at radius 3 is 1.68 bits per heavy atom. The van der Waals surface area contributed by atoms with Crippen LogP contribution in [0.25, 0.3) is 0 Å². The van der Waals surface area contributed by atoms with E-state index in [0.29, 0.717) is 13.1 Å². The number of non-ortho nitro benzene ring substituents is 2. The van der Waals surface area contributed by atoms with Crippen LogP contribution in [0.4, 0.5) is 28.4 Å². The van der Waals surface area contributed by atoms with E-state index < -0.39 is 43.6 Å². The minimum Gasteiger partial charge on any atom is -0.481 e. The Labute approximate surface area is 190 Å². The first-order chi connectivity index (χ1) is 15.9. The summed E-state index contributed by atoms with van der Waals surface area (Å²) in [6.07, 6.45) is 0. The molecule has 3 rings (SSSR count). The van der Waals surface area contributed by atoms with Gasteiger partial charge in [0.15, 0.2) is 0 Å². The van der Waals surface area contributed by atoms with E-state index in [0.717, 1.165) is 24.7 Å². The van der Waals surface area contributed by atoms with Gasteiger partial charge in [-0.05, 0) is 12.1 Å². The molecule has 15 nitrogen and oxygen atoms in total. The van der Waals surface area contributed by atoms with Gasteiger partial charge in [0.2, 0.25) is 0 Å². The van der Waals surface area contributed by atoms with Crippen LogP contribution in [0.5, 0.6) is 0 Å². The number of benzene rings is 2. The topological polar surface area (TPSA) is 211 Å². The van der Waals surface area contributed by atoms with E-state index in [4.69, 9.17) is 9.90 Å². The number of anilines is 2. The molecule has 0 aromatic heterocycles. The lowest BCUT2D eigenvalue weighted by Crippen LogP contribution is -2.47. The molecule has 1 aliphatic heterocycles. The fourth-order valence-electron chi connectivity index (χ4n) is 3.32. The number of nitrogens with zero attached hydrogens (tertiary/aromatic N) is 5. The summed E-state index contributed by atoms with van der Waals surface area (Å²) in [6.45, 7) is 2.25. The van der Waals surface area contributed by atoms with E-state index in [2.05, 4.69) is 0 Å². The maximum Gasteiger partial charge on any atom is 0.338 e. The van der Waals surface area contributed by atoms with Crippen molar-refractivity contribution in [3.63, 3.8) is 0 Å². The predicted molar refractivity (Wildman–Crippen MR) is 118 cm³/mol. The summed E-state index contributed by atoms with van der Waals surface area (Å²) in [5, 5.41) is 50.2. The van der Waals surface area contributed by atoms with Gasteiger partial charge in [-0.25, -0.2) is 4.79 Å². The first-order valence-corrected chi connectivity index (χ1v) is 9.56. The monoisotopic (exact) mass is 477 g/mol. The van der Waals surface area contributed by atoms with Gasteiger partial charge < -0.3 is 20.0 Å². The van der Waals surface area contributed by atoms with Crippen LogP contribution in [0, 0.1) is 30.3 Å². The minimum atomic E-state index is -1.51. The highest BCUT2D eigenvalue weighted by Gasteiger charge is 2.32. The van der Waals surface area contributed by atoms with Crippen molar-refractivity contribution in [1.82, 2.24) is 0 Å². The van der Waals surface area contributed by atoms with Gasteiger partial charge in [0.1, 0.15) is 5.69 Å². The number of piperazine rings is 1. The number of nitro benzene ring substituents is 3. The first-order valence-electron chi connectivity index (χ1n) is 9.56. The Hall–Kier alpha value is -4.82. The highest BCUT2D eigenvalue weighted by Crippen LogP contribution is 2.37. The molecule has 1 aliphatic rings. The van der Waals surface area contributed by atoms with Crippen molar-refractivity contribution in [2.24, 2.45) is 0 Å². The fourth-order valence-corrected chi connectivity index (χ4v) is 3.32. The molecule has 0 atom stereocenters. The number of carboxylic acid groups (broad SMARTS) is 2. The van der Waals surface area contributed by atoms with Crippen molar-refractivity contribution in [3.8, 4) is 0 Å². The standard InChI is InChI=1S/C17H15N5O8.C2H4O2/c23-17(24)14-9-13(21(27)28)10-15(22(29)30)16(14)19-7-5-18(6-8-19)11-1-3-12(4-2-11)20(25)26;1-2(3)4/h1-4,9-10H,5-8H2,(H,23,24);1H3,(H,3,4). The molecule has 1 saturated heterocycles. The molecule has 2 N–H and O–H groups in total. The molecule has 2 aromatic rings. The molecule has 0 saturated carbocycles. The maximum absolute atomic E-state index is 11.6. The van der Waals surface area contributed by atoms with E-state index in [1.807, 2.05) is 4.90 Å². The molecular formula is C19H19N5O10.